The monoisotopic (exact) mass is 225 g/mol. The first-order chi connectivity index (χ1) is 7.52. The summed E-state index contributed by atoms with van der Waals surface area (Å²) < 4.78 is 18.7. The molecule has 0 radical (unpaired) electrons. The van der Waals surface area contributed by atoms with E-state index in [1.807, 2.05) is 13.8 Å². The Labute approximate surface area is 96.8 Å². The van der Waals surface area contributed by atoms with E-state index in [-0.39, 0.29) is 11.9 Å². The van der Waals surface area contributed by atoms with Crippen molar-refractivity contribution in [1.82, 2.24) is 0 Å². The summed E-state index contributed by atoms with van der Waals surface area (Å²) in [6, 6.07) is 4.93. The van der Waals surface area contributed by atoms with E-state index in [1.165, 1.54) is 12.1 Å². The summed E-state index contributed by atoms with van der Waals surface area (Å²) in [6.45, 7) is 8.04. The fourth-order valence-corrected chi connectivity index (χ4v) is 1.33. The van der Waals surface area contributed by atoms with Gasteiger partial charge in [0.2, 0.25) is 0 Å². The number of hydrogen-bond acceptors (Lipinski definition) is 2. The number of anilines is 1. The Morgan fingerprint density at radius 2 is 2.00 bits per heavy atom. The van der Waals surface area contributed by atoms with E-state index in [0.29, 0.717) is 11.8 Å². The maximum atomic E-state index is 13.1. The Kier molecular flexibility index (Phi) is 4.59. The topological polar surface area (TPSA) is 21.3 Å². The molecular formula is C13H20FNO. The molecule has 3 heteroatoms. The summed E-state index contributed by atoms with van der Waals surface area (Å²) in [5.74, 6) is 0.306. The molecule has 0 bridgehead atoms. The predicted molar refractivity (Wildman–Crippen MR) is 65.5 cm³/mol. The zero-order valence-electron chi connectivity index (χ0n) is 10.4. The maximum Gasteiger partial charge on any atom is 0.145 e. The van der Waals surface area contributed by atoms with E-state index >= 15 is 0 Å². The second-order valence-electron chi connectivity index (χ2n) is 4.26. The van der Waals surface area contributed by atoms with Crippen molar-refractivity contribution >= 4 is 5.69 Å². The molecule has 0 spiro atoms. The van der Waals surface area contributed by atoms with E-state index in [4.69, 9.17) is 4.74 Å². The quantitative estimate of drug-likeness (QED) is 0.822. The van der Waals surface area contributed by atoms with E-state index in [0.717, 1.165) is 12.1 Å². The fourth-order valence-electron chi connectivity index (χ4n) is 1.33. The van der Waals surface area contributed by atoms with Gasteiger partial charge < -0.3 is 10.1 Å². The molecule has 1 aromatic rings. The summed E-state index contributed by atoms with van der Waals surface area (Å²) >= 11 is 0. The highest BCUT2D eigenvalue weighted by Gasteiger charge is 2.09. The summed E-state index contributed by atoms with van der Waals surface area (Å²) in [5, 5.41) is 3.30. The normalized spacial score (nSPS) is 12.6. The van der Waals surface area contributed by atoms with Crippen LogP contribution in [0, 0.1) is 5.82 Å². The Morgan fingerprint density at radius 1 is 1.31 bits per heavy atom. The highest BCUT2D eigenvalue weighted by atomic mass is 19.1. The largest absolute Gasteiger partial charge is 0.489 e. The summed E-state index contributed by atoms with van der Waals surface area (Å²) in [7, 11) is 0. The molecule has 1 N–H and O–H groups in total. The average Bonchev–Trinajstić information content (AvgIpc) is 2.21. The number of halogens is 1. The Balaban J connectivity index is 2.88. The third-order valence-corrected chi connectivity index (χ3v) is 2.32. The number of benzene rings is 1. The van der Waals surface area contributed by atoms with Gasteiger partial charge >= 0.3 is 0 Å². The number of ether oxygens (including phenoxy) is 1. The second-order valence-corrected chi connectivity index (χ2v) is 4.26. The van der Waals surface area contributed by atoms with Gasteiger partial charge in [0.1, 0.15) is 11.6 Å². The molecule has 0 aliphatic heterocycles. The lowest BCUT2D eigenvalue weighted by molar-refractivity contribution is 0.242. The van der Waals surface area contributed by atoms with Crippen molar-refractivity contribution in [2.45, 2.75) is 46.3 Å². The smallest absolute Gasteiger partial charge is 0.145 e. The van der Waals surface area contributed by atoms with Crippen molar-refractivity contribution in [3.63, 3.8) is 0 Å². The zero-order chi connectivity index (χ0) is 12.1. The van der Waals surface area contributed by atoms with Crippen LogP contribution in [0.5, 0.6) is 5.75 Å². The molecule has 0 fully saturated rings. The van der Waals surface area contributed by atoms with Crippen LogP contribution in [0.3, 0.4) is 0 Å². The standard InChI is InChI=1S/C13H20FNO/c1-5-10(4)15-12-7-6-11(14)8-13(12)16-9(2)3/h6-10,15H,5H2,1-4H3. The van der Waals surface area contributed by atoms with Crippen LogP contribution in [0.4, 0.5) is 10.1 Å². The molecule has 1 rings (SSSR count). The van der Waals surface area contributed by atoms with Gasteiger partial charge in [0.05, 0.1) is 11.8 Å². The van der Waals surface area contributed by atoms with Crippen molar-refractivity contribution in [3.8, 4) is 5.75 Å². The minimum Gasteiger partial charge on any atom is -0.489 e. The highest BCUT2D eigenvalue weighted by molar-refractivity contribution is 5.57. The number of rotatable bonds is 5. The van der Waals surface area contributed by atoms with Crippen LogP contribution >= 0.6 is 0 Å². The lowest BCUT2D eigenvalue weighted by Crippen LogP contribution is -2.15. The van der Waals surface area contributed by atoms with Gasteiger partial charge in [0.15, 0.2) is 0 Å². The molecular weight excluding hydrogens is 205 g/mol. The molecule has 0 aromatic heterocycles. The number of hydrogen-bond donors (Lipinski definition) is 1. The molecule has 0 saturated carbocycles. The van der Waals surface area contributed by atoms with Crippen LogP contribution in [0.25, 0.3) is 0 Å². The van der Waals surface area contributed by atoms with Gasteiger partial charge in [-0.15, -0.1) is 0 Å². The third kappa shape index (κ3) is 3.72. The lowest BCUT2D eigenvalue weighted by Gasteiger charge is -2.18. The lowest BCUT2D eigenvalue weighted by atomic mass is 10.2. The van der Waals surface area contributed by atoms with Gasteiger partial charge in [-0.1, -0.05) is 6.92 Å². The Morgan fingerprint density at radius 3 is 2.56 bits per heavy atom. The van der Waals surface area contributed by atoms with E-state index < -0.39 is 0 Å². The van der Waals surface area contributed by atoms with Gasteiger partial charge in [-0.3, -0.25) is 0 Å². The fraction of sp³-hybridized carbons (Fsp3) is 0.538. The zero-order valence-corrected chi connectivity index (χ0v) is 10.4. The first-order valence-corrected chi connectivity index (χ1v) is 5.75. The Hall–Kier alpha value is -1.25. The molecule has 0 aliphatic rings. The maximum absolute atomic E-state index is 13.1. The van der Waals surface area contributed by atoms with Crippen molar-refractivity contribution in [2.24, 2.45) is 0 Å². The average molecular weight is 225 g/mol. The SMILES string of the molecule is CCC(C)Nc1ccc(F)cc1OC(C)C. The van der Waals surface area contributed by atoms with Crippen LogP contribution in [0.1, 0.15) is 34.1 Å². The van der Waals surface area contributed by atoms with E-state index in [9.17, 15) is 4.39 Å². The highest BCUT2D eigenvalue weighted by Crippen LogP contribution is 2.27. The van der Waals surface area contributed by atoms with E-state index in [1.54, 1.807) is 6.07 Å². The molecule has 1 atom stereocenters. The third-order valence-electron chi connectivity index (χ3n) is 2.32. The second kappa shape index (κ2) is 5.73. The molecule has 0 heterocycles. The summed E-state index contributed by atoms with van der Waals surface area (Å²) in [4.78, 5) is 0. The first-order valence-electron chi connectivity index (χ1n) is 5.75. The minimum atomic E-state index is -0.273. The van der Waals surface area contributed by atoms with Crippen molar-refractivity contribution in [3.05, 3.63) is 24.0 Å². The van der Waals surface area contributed by atoms with Gasteiger partial charge in [-0.2, -0.15) is 0 Å². The van der Waals surface area contributed by atoms with Crippen LogP contribution < -0.4 is 10.1 Å². The first kappa shape index (κ1) is 12.8. The molecule has 1 aromatic carbocycles. The molecule has 1 unspecified atom stereocenters. The number of nitrogens with one attached hydrogen (secondary N) is 1. The molecule has 0 amide bonds. The molecule has 0 saturated heterocycles. The predicted octanol–water partition coefficient (Wildman–Crippen LogP) is 3.82. The van der Waals surface area contributed by atoms with E-state index in [2.05, 4.69) is 19.2 Å². The van der Waals surface area contributed by atoms with Crippen LogP contribution in [0.15, 0.2) is 18.2 Å². The molecule has 2 nitrogen and oxygen atoms in total. The van der Waals surface area contributed by atoms with Crippen LogP contribution in [-0.4, -0.2) is 12.1 Å². The summed E-state index contributed by atoms with van der Waals surface area (Å²) in [5.41, 5.74) is 0.851. The molecule has 0 aliphatic carbocycles. The molecule has 16 heavy (non-hydrogen) atoms. The van der Waals surface area contributed by atoms with Gasteiger partial charge in [0, 0.05) is 12.1 Å². The van der Waals surface area contributed by atoms with Gasteiger partial charge in [0.25, 0.3) is 0 Å². The van der Waals surface area contributed by atoms with Gasteiger partial charge in [-0.25, -0.2) is 4.39 Å². The van der Waals surface area contributed by atoms with Crippen molar-refractivity contribution in [2.75, 3.05) is 5.32 Å². The summed E-state index contributed by atoms with van der Waals surface area (Å²) in [6.07, 6.45) is 1.05. The van der Waals surface area contributed by atoms with Gasteiger partial charge in [-0.05, 0) is 39.3 Å². The van der Waals surface area contributed by atoms with Crippen molar-refractivity contribution in [1.29, 1.82) is 0 Å². The minimum absolute atomic E-state index is 0.0410. The Bertz CT molecular complexity index is 339. The van der Waals surface area contributed by atoms with Crippen LogP contribution in [0.2, 0.25) is 0 Å². The molecule has 90 valence electrons. The van der Waals surface area contributed by atoms with Crippen molar-refractivity contribution < 1.29 is 9.13 Å². The van der Waals surface area contributed by atoms with Crippen LogP contribution in [-0.2, 0) is 0 Å².